The fraction of sp³-hybridized carbons (Fsp3) is 0.364. The largest absolute Gasteiger partial charge is 0.494 e. The maximum absolute atomic E-state index is 12.1. The molecular formula is C22H26N2O4. The second-order valence-corrected chi connectivity index (χ2v) is 6.70. The number of anilines is 2. The Hall–Kier alpha value is -2.86. The number of benzene rings is 2. The molecule has 6 nitrogen and oxygen atoms in total. The van der Waals surface area contributed by atoms with E-state index < -0.39 is 0 Å². The molecule has 148 valence electrons. The molecule has 0 unspecified atom stereocenters. The molecular weight excluding hydrogens is 356 g/mol. The Balaban J connectivity index is 1.40. The van der Waals surface area contributed by atoms with Gasteiger partial charge in [0.25, 0.3) is 0 Å². The average molecular weight is 382 g/mol. The van der Waals surface area contributed by atoms with E-state index in [0.29, 0.717) is 39.1 Å². The predicted octanol–water partition coefficient (Wildman–Crippen LogP) is 3.91. The lowest BCUT2D eigenvalue weighted by molar-refractivity contribution is -0.117. The van der Waals surface area contributed by atoms with Crippen LogP contribution in [0, 0.1) is 0 Å². The molecule has 0 saturated heterocycles. The zero-order valence-corrected chi connectivity index (χ0v) is 16.1. The molecule has 1 aliphatic heterocycles. The van der Waals surface area contributed by atoms with Crippen molar-refractivity contribution < 1.29 is 19.1 Å². The van der Waals surface area contributed by atoms with Crippen LogP contribution in [0.25, 0.3) is 0 Å². The summed E-state index contributed by atoms with van der Waals surface area (Å²) in [6.07, 6.45) is 2.24. The van der Waals surface area contributed by atoms with Gasteiger partial charge in [-0.2, -0.15) is 0 Å². The molecule has 2 aromatic carbocycles. The molecule has 0 aliphatic carbocycles. The van der Waals surface area contributed by atoms with Gasteiger partial charge in [-0.25, -0.2) is 0 Å². The number of fused-ring (bicyclic) bond motifs is 1. The molecule has 28 heavy (non-hydrogen) atoms. The van der Waals surface area contributed by atoms with Crippen LogP contribution in [0.5, 0.6) is 5.75 Å². The number of rotatable bonds is 9. The molecule has 1 heterocycles. The molecule has 0 spiro atoms. The molecule has 0 radical (unpaired) electrons. The number of hydrogen-bond acceptors (Lipinski definition) is 4. The van der Waals surface area contributed by atoms with Crippen molar-refractivity contribution in [3.63, 3.8) is 0 Å². The van der Waals surface area contributed by atoms with Crippen molar-refractivity contribution in [2.45, 2.75) is 39.2 Å². The van der Waals surface area contributed by atoms with Gasteiger partial charge in [0.1, 0.15) is 5.75 Å². The van der Waals surface area contributed by atoms with Gasteiger partial charge in [-0.15, -0.1) is 0 Å². The first-order valence-corrected chi connectivity index (χ1v) is 9.66. The highest BCUT2D eigenvalue weighted by Crippen LogP contribution is 2.26. The Morgan fingerprint density at radius 1 is 1.18 bits per heavy atom. The standard InChI is InChI=1S/C22H26N2O4/c1-2-27-15-16-5-3-6-18(13-16)23-21(25)7-4-12-28-19-9-10-20-17(14-19)8-11-22(26)24-20/h3,5-6,9-10,13-14H,2,4,7-8,11-12,15H2,1H3,(H,23,25)(H,24,26). The van der Waals surface area contributed by atoms with E-state index in [2.05, 4.69) is 10.6 Å². The highest BCUT2D eigenvalue weighted by atomic mass is 16.5. The third-order valence-corrected chi connectivity index (χ3v) is 4.47. The fourth-order valence-electron chi connectivity index (χ4n) is 3.05. The zero-order chi connectivity index (χ0) is 19.8. The highest BCUT2D eigenvalue weighted by Gasteiger charge is 2.15. The van der Waals surface area contributed by atoms with E-state index in [0.717, 1.165) is 34.7 Å². The first kappa shape index (κ1) is 19.9. The average Bonchev–Trinajstić information content (AvgIpc) is 2.70. The third kappa shape index (κ3) is 5.82. The van der Waals surface area contributed by atoms with Crippen LogP contribution in [-0.4, -0.2) is 25.0 Å². The molecule has 0 aromatic heterocycles. The summed E-state index contributed by atoms with van der Waals surface area (Å²) in [6, 6.07) is 13.3. The molecule has 0 bridgehead atoms. The van der Waals surface area contributed by atoms with Crippen LogP contribution in [0.15, 0.2) is 42.5 Å². The SMILES string of the molecule is CCOCc1cccc(NC(=O)CCCOc2ccc3c(c2)CCC(=O)N3)c1. The molecule has 2 N–H and O–H groups in total. The smallest absolute Gasteiger partial charge is 0.224 e. The van der Waals surface area contributed by atoms with E-state index in [1.54, 1.807) is 0 Å². The van der Waals surface area contributed by atoms with Gasteiger partial charge in [0, 0.05) is 30.8 Å². The second-order valence-electron chi connectivity index (χ2n) is 6.70. The van der Waals surface area contributed by atoms with Gasteiger partial charge in [-0.05, 0) is 61.2 Å². The topological polar surface area (TPSA) is 76.7 Å². The monoisotopic (exact) mass is 382 g/mol. The minimum absolute atomic E-state index is 0.0367. The van der Waals surface area contributed by atoms with Crippen molar-refractivity contribution in [3.8, 4) is 5.75 Å². The summed E-state index contributed by atoms with van der Waals surface area (Å²) in [5.74, 6) is 0.778. The van der Waals surface area contributed by atoms with Crippen LogP contribution in [0.4, 0.5) is 11.4 Å². The maximum Gasteiger partial charge on any atom is 0.224 e. The number of nitrogens with one attached hydrogen (secondary N) is 2. The van der Waals surface area contributed by atoms with E-state index in [1.807, 2.05) is 49.4 Å². The zero-order valence-electron chi connectivity index (χ0n) is 16.1. The van der Waals surface area contributed by atoms with E-state index in [9.17, 15) is 9.59 Å². The number of aryl methyl sites for hydroxylation is 1. The minimum Gasteiger partial charge on any atom is -0.494 e. The van der Waals surface area contributed by atoms with Crippen LogP contribution in [-0.2, 0) is 27.4 Å². The van der Waals surface area contributed by atoms with Crippen LogP contribution in [0.3, 0.4) is 0 Å². The summed E-state index contributed by atoms with van der Waals surface area (Å²) in [7, 11) is 0. The summed E-state index contributed by atoms with van der Waals surface area (Å²) >= 11 is 0. The summed E-state index contributed by atoms with van der Waals surface area (Å²) in [5, 5.41) is 5.76. The summed E-state index contributed by atoms with van der Waals surface area (Å²) in [5.41, 5.74) is 3.75. The number of amides is 2. The molecule has 6 heteroatoms. The number of carbonyl (C=O) groups excluding carboxylic acids is 2. The number of hydrogen-bond donors (Lipinski definition) is 2. The van der Waals surface area contributed by atoms with E-state index in [-0.39, 0.29) is 11.8 Å². The maximum atomic E-state index is 12.1. The van der Waals surface area contributed by atoms with Crippen molar-refractivity contribution in [2.75, 3.05) is 23.8 Å². The van der Waals surface area contributed by atoms with Crippen molar-refractivity contribution in [1.29, 1.82) is 0 Å². The Morgan fingerprint density at radius 3 is 2.93 bits per heavy atom. The molecule has 2 amide bonds. The fourth-order valence-corrected chi connectivity index (χ4v) is 3.05. The van der Waals surface area contributed by atoms with Gasteiger partial charge in [0.05, 0.1) is 13.2 Å². The van der Waals surface area contributed by atoms with Gasteiger partial charge < -0.3 is 20.1 Å². The molecule has 1 aliphatic rings. The van der Waals surface area contributed by atoms with Gasteiger partial charge in [-0.3, -0.25) is 9.59 Å². The van der Waals surface area contributed by atoms with Crippen LogP contribution in [0.1, 0.15) is 37.3 Å². The first-order chi connectivity index (χ1) is 13.6. The minimum atomic E-state index is -0.0367. The summed E-state index contributed by atoms with van der Waals surface area (Å²) < 4.78 is 11.1. The van der Waals surface area contributed by atoms with Gasteiger partial charge in [0.15, 0.2) is 0 Å². The van der Waals surface area contributed by atoms with Crippen molar-refractivity contribution >= 4 is 23.2 Å². The second kappa shape index (κ2) is 9.90. The Labute approximate surface area is 165 Å². The van der Waals surface area contributed by atoms with Gasteiger partial charge >= 0.3 is 0 Å². The first-order valence-electron chi connectivity index (χ1n) is 9.66. The van der Waals surface area contributed by atoms with Crippen LogP contribution in [0.2, 0.25) is 0 Å². The lowest BCUT2D eigenvalue weighted by Crippen LogP contribution is -2.18. The molecule has 3 rings (SSSR count). The third-order valence-electron chi connectivity index (χ3n) is 4.47. The Bertz CT molecular complexity index is 835. The van der Waals surface area contributed by atoms with Crippen molar-refractivity contribution in [2.24, 2.45) is 0 Å². The van der Waals surface area contributed by atoms with Gasteiger partial charge in [-0.1, -0.05) is 12.1 Å². The number of ether oxygens (including phenoxy) is 2. The normalized spacial score (nSPS) is 12.8. The van der Waals surface area contributed by atoms with E-state index >= 15 is 0 Å². The number of carbonyl (C=O) groups is 2. The summed E-state index contributed by atoms with van der Waals surface area (Å²) in [6.45, 7) is 3.62. The summed E-state index contributed by atoms with van der Waals surface area (Å²) in [4.78, 5) is 23.5. The molecule has 2 aromatic rings. The molecule has 0 saturated carbocycles. The van der Waals surface area contributed by atoms with Gasteiger partial charge in [0.2, 0.25) is 11.8 Å². The Morgan fingerprint density at radius 2 is 2.07 bits per heavy atom. The van der Waals surface area contributed by atoms with E-state index in [1.165, 1.54) is 0 Å². The predicted molar refractivity (Wildman–Crippen MR) is 109 cm³/mol. The molecule has 0 atom stereocenters. The lowest BCUT2D eigenvalue weighted by Gasteiger charge is -2.17. The van der Waals surface area contributed by atoms with Crippen LogP contribution >= 0.6 is 0 Å². The molecule has 0 fully saturated rings. The Kier molecular flexibility index (Phi) is 7.03. The van der Waals surface area contributed by atoms with Crippen molar-refractivity contribution in [3.05, 3.63) is 53.6 Å². The van der Waals surface area contributed by atoms with Crippen LogP contribution < -0.4 is 15.4 Å². The quantitative estimate of drug-likeness (QED) is 0.645. The highest BCUT2D eigenvalue weighted by molar-refractivity contribution is 5.94. The van der Waals surface area contributed by atoms with E-state index in [4.69, 9.17) is 9.47 Å². The van der Waals surface area contributed by atoms with Crippen molar-refractivity contribution in [1.82, 2.24) is 0 Å². The lowest BCUT2D eigenvalue weighted by atomic mass is 10.0.